The lowest BCUT2D eigenvalue weighted by atomic mass is 9.76. The highest BCUT2D eigenvalue weighted by Gasteiger charge is 2.48. The Bertz CT molecular complexity index is 1770. The molecule has 1 saturated heterocycles. The van der Waals surface area contributed by atoms with E-state index in [9.17, 15) is 18.0 Å². The minimum atomic E-state index is -2.58. The zero-order valence-electron chi connectivity index (χ0n) is 28.5. The summed E-state index contributed by atoms with van der Waals surface area (Å²) in [6.45, 7) is 19.1. The number of piperazine rings is 1. The lowest BCUT2D eigenvalue weighted by Crippen LogP contribution is -2.57. The highest BCUT2D eigenvalue weighted by Crippen LogP contribution is 2.45. The molecule has 3 aliphatic rings. The van der Waals surface area contributed by atoms with Crippen LogP contribution in [-0.2, 0) is 17.8 Å². The number of hydrogen-bond acceptors (Lipinski definition) is 8. The van der Waals surface area contributed by atoms with Gasteiger partial charge in [0.2, 0.25) is 12.5 Å². The van der Waals surface area contributed by atoms with E-state index in [1.165, 1.54) is 4.90 Å². The number of nitrogens with zero attached hydrogens (tertiary/aromatic N) is 8. The smallest absolute Gasteiger partial charge is 0.318 e. The number of ether oxygens (including phenoxy) is 1. The third-order valence-electron chi connectivity index (χ3n) is 10.5. The number of benzene rings is 1. The van der Waals surface area contributed by atoms with E-state index in [0.717, 1.165) is 33.3 Å². The van der Waals surface area contributed by atoms with Crippen LogP contribution in [0.5, 0.6) is 6.01 Å². The Kier molecular flexibility index (Phi) is 9.71. The summed E-state index contributed by atoms with van der Waals surface area (Å²) in [5.41, 5.74) is 3.94. The van der Waals surface area contributed by atoms with Gasteiger partial charge in [-0.25, -0.2) is 19.7 Å². The second kappa shape index (κ2) is 13.8. The summed E-state index contributed by atoms with van der Waals surface area (Å²) < 4.78 is 47.3. The first-order chi connectivity index (χ1) is 23.4. The normalized spacial score (nSPS) is 20.4. The molecule has 260 valence electrons. The molecule has 3 aromatic rings. The van der Waals surface area contributed by atoms with Crippen LogP contribution in [0.3, 0.4) is 0 Å². The maximum absolute atomic E-state index is 13.9. The topological polar surface area (TPSA) is 82.3 Å². The van der Waals surface area contributed by atoms with Gasteiger partial charge in [-0.05, 0) is 45.7 Å². The van der Waals surface area contributed by atoms with Crippen molar-refractivity contribution < 1.29 is 22.7 Å². The van der Waals surface area contributed by atoms with Crippen molar-refractivity contribution >= 4 is 28.2 Å². The van der Waals surface area contributed by atoms with Gasteiger partial charge in [0.15, 0.2) is 5.83 Å². The number of aryl methyl sites for hydroxylation is 1. The first-order valence-electron chi connectivity index (χ1n) is 16.8. The van der Waals surface area contributed by atoms with E-state index in [0.29, 0.717) is 38.4 Å². The molecule has 10 nitrogen and oxygen atoms in total. The van der Waals surface area contributed by atoms with Crippen molar-refractivity contribution in [3.8, 4) is 6.01 Å². The Balaban J connectivity index is 1.29. The summed E-state index contributed by atoms with van der Waals surface area (Å²) in [6, 6.07) is 5.69. The first-order valence-corrected chi connectivity index (χ1v) is 16.8. The Morgan fingerprint density at radius 3 is 2.67 bits per heavy atom. The van der Waals surface area contributed by atoms with Crippen LogP contribution < -0.4 is 14.5 Å². The molecule has 0 bridgehead atoms. The second-order valence-electron chi connectivity index (χ2n) is 13.7. The monoisotopic (exact) mass is 676 g/mol. The molecule has 1 aromatic carbocycles. The standard InChI is InChI=1S/C36H43F3N8O2/c1-22-8-7-9-26-16-41-18-31(32(22)26)45-11-10-29-30(20-45)42-35(49-21-23(2)44(6)25(4)27-14-36(38,39)15-27)43-33(29)46-12-13-47(34(48)24(3)37)28(19-46)17-40-5/h7-9,16,18,23,25,27-28H,3,10-15,17,19-21H2,1-2,4,6H3/t23-,25+,28-/m0/s1. The fourth-order valence-corrected chi connectivity index (χ4v) is 7.39. The Labute approximate surface area is 285 Å². The summed E-state index contributed by atoms with van der Waals surface area (Å²) >= 11 is 0. The molecule has 3 atom stereocenters. The van der Waals surface area contributed by atoms with Gasteiger partial charge in [0.1, 0.15) is 18.5 Å². The molecule has 0 radical (unpaired) electrons. The van der Waals surface area contributed by atoms with Gasteiger partial charge >= 0.3 is 6.01 Å². The van der Waals surface area contributed by atoms with Crippen molar-refractivity contribution in [2.24, 2.45) is 5.92 Å². The van der Waals surface area contributed by atoms with Crippen LogP contribution in [0.25, 0.3) is 15.6 Å². The van der Waals surface area contributed by atoms with E-state index in [1.807, 2.05) is 44.3 Å². The van der Waals surface area contributed by atoms with Crippen LogP contribution in [0.15, 0.2) is 43.0 Å². The van der Waals surface area contributed by atoms with Crippen LogP contribution in [-0.4, -0.2) is 101 Å². The predicted octanol–water partition coefficient (Wildman–Crippen LogP) is 5.45. The van der Waals surface area contributed by atoms with Gasteiger partial charge in [0.05, 0.1) is 24.1 Å². The van der Waals surface area contributed by atoms with Crippen LogP contribution in [0, 0.1) is 19.4 Å². The molecule has 13 heteroatoms. The summed E-state index contributed by atoms with van der Waals surface area (Å²) in [6.07, 6.45) is 4.20. The zero-order chi connectivity index (χ0) is 35.0. The zero-order valence-corrected chi connectivity index (χ0v) is 28.5. The van der Waals surface area contributed by atoms with Gasteiger partial charge in [-0.15, -0.1) is 0 Å². The number of halogens is 3. The van der Waals surface area contributed by atoms with Gasteiger partial charge in [-0.2, -0.15) is 9.97 Å². The molecule has 6 rings (SSSR count). The molecule has 2 fully saturated rings. The molecule has 1 aliphatic carbocycles. The molecule has 0 N–H and O–H groups in total. The van der Waals surface area contributed by atoms with Crippen LogP contribution in [0.1, 0.15) is 43.5 Å². The molecule has 4 heterocycles. The van der Waals surface area contributed by atoms with Gasteiger partial charge < -0.3 is 24.3 Å². The number of fused-ring (bicyclic) bond motifs is 2. The number of alkyl halides is 2. The molecule has 1 amide bonds. The Morgan fingerprint density at radius 1 is 1.18 bits per heavy atom. The third kappa shape index (κ3) is 7.02. The number of pyridine rings is 1. The van der Waals surface area contributed by atoms with E-state index in [1.54, 1.807) is 0 Å². The van der Waals surface area contributed by atoms with Crippen molar-refractivity contribution in [3.05, 3.63) is 71.2 Å². The lowest BCUT2D eigenvalue weighted by Gasteiger charge is -2.43. The maximum Gasteiger partial charge on any atom is 0.318 e. The first kappa shape index (κ1) is 34.4. The summed E-state index contributed by atoms with van der Waals surface area (Å²) in [7, 11) is 1.93. The minimum Gasteiger partial charge on any atom is -0.462 e. The second-order valence-corrected chi connectivity index (χ2v) is 13.7. The van der Waals surface area contributed by atoms with Crippen LogP contribution in [0.4, 0.5) is 24.7 Å². The van der Waals surface area contributed by atoms with Crippen molar-refractivity contribution in [3.63, 3.8) is 0 Å². The summed E-state index contributed by atoms with van der Waals surface area (Å²) in [5, 5.41) is 2.20. The maximum atomic E-state index is 13.9. The van der Waals surface area contributed by atoms with Gasteiger partial charge in [-0.3, -0.25) is 14.7 Å². The van der Waals surface area contributed by atoms with Crippen molar-refractivity contribution in [2.45, 2.75) is 70.6 Å². The number of hydrogen-bond donors (Lipinski definition) is 0. The Hall–Kier alpha value is -4.44. The molecule has 1 saturated carbocycles. The quantitative estimate of drug-likeness (QED) is 0.207. The summed E-state index contributed by atoms with van der Waals surface area (Å²) in [4.78, 5) is 38.2. The van der Waals surface area contributed by atoms with Gasteiger partial charge in [-0.1, -0.05) is 24.8 Å². The molecule has 2 aromatic heterocycles. The number of amides is 1. The number of likely N-dealkylation sites (N-methyl/N-ethyl adjacent to an activating group) is 1. The van der Waals surface area contributed by atoms with E-state index in [2.05, 4.69) is 45.3 Å². The minimum absolute atomic E-state index is 0.0162. The van der Waals surface area contributed by atoms with E-state index < -0.39 is 23.7 Å². The number of carbonyl (C=O) groups is 1. The van der Waals surface area contributed by atoms with E-state index in [-0.39, 0.29) is 56.6 Å². The predicted molar refractivity (Wildman–Crippen MR) is 183 cm³/mol. The number of anilines is 2. The molecular weight excluding hydrogens is 633 g/mol. The molecule has 0 unspecified atom stereocenters. The van der Waals surface area contributed by atoms with E-state index >= 15 is 0 Å². The fraction of sp³-hybridized carbons (Fsp3) is 0.528. The highest BCUT2D eigenvalue weighted by molar-refractivity contribution is 5.96. The SMILES string of the molecule is [C-]#[N+]C[C@H]1CN(c2nc(OC[C@H](C)N(C)[C@H](C)C3CC(F)(F)C3)nc3c2CCN(c2cncc4cccc(C)c24)C3)CCN1C(=O)C(=C)F. The van der Waals surface area contributed by atoms with Crippen molar-refractivity contribution in [1.29, 1.82) is 0 Å². The number of rotatable bonds is 10. The average Bonchev–Trinajstić information content (AvgIpc) is 3.07. The third-order valence-corrected chi connectivity index (χ3v) is 10.5. The largest absolute Gasteiger partial charge is 0.462 e. The highest BCUT2D eigenvalue weighted by atomic mass is 19.3. The lowest BCUT2D eigenvalue weighted by molar-refractivity contribution is -0.131. The number of aromatic nitrogens is 3. The summed E-state index contributed by atoms with van der Waals surface area (Å²) in [5.74, 6) is -3.81. The Morgan fingerprint density at radius 2 is 1.96 bits per heavy atom. The van der Waals surface area contributed by atoms with Gasteiger partial charge in [0.25, 0.3) is 5.91 Å². The average molecular weight is 677 g/mol. The molecule has 2 aliphatic heterocycles. The van der Waals surface area contributed by atoms with Crippen LogP contribution in [0.2, 0.25) is 0 Å². The van der Waals surface area contributed by atoms with Gasteiger partial charge in [0, 0.05) is 73.6 Å². The van der Waals surface area contributed by atoms with E-state index in [4.69, 9.17) is 21.3 Å². The number of carbonyl (C=O) groups excluding carboxylic acids is 1. The molecule has 0 spiro atoms. The van der Waals surface area contributed by atoms with Crippen molar-refractivity contribution in [2.75, 3.05) is 56.2 Å². The fourth-order valence-electron chi connectivity index (χ4n) is 7.39. The van der Waals surface area contributed by atoms with Crippen LogP contribution >= 0.6 is 0 Å². The van der Waals surface area contributed by atoms with Crippen molar-refractivity contribution in [1.82, 2.24) is 24.8 Å². The molecule has 49 heavy (non-hydrogen) atoms. The molecular formula is C36H43F3N8O2.